The van der Waals surface area contributed by atoms with Gasteiger partial charge in [0.15, 0.2) is 0 Å². The third-order valence-electron chi connectivity index (χ3n) is 3.32. The fraction of sp³-hybridized carbons (Fsp3) is 0.615. The number of halogens is 1. The molecule has 1 aromatic rings. The monoisotopic (exact) mass is 288 g/mol. The van der Waals surface area contributed by atoms with Gasteiger partial charge in [0.05, 0.1) is 6.54 Å². The van der Waals surface area contributed by atoms with Gasteiger partial charge in [-0.3, -0.25) is 4.79 Å². The Morgan fingerprint density at radius 1 is 1.50 bits per heavy atom. The summed E-state index contributed by atoms with van der Waals surface area (Å²) in [7, 11) is 1.91. The Bertz CT molecular complexity index is 350. The van der Waals surface area contributed by atoms with Crippen LogP contribution < -0.4 is 5.32 Å². The number of hydrogen-bond donors (Lipinski definition) is 1. The molecule has 2 rings (SSSR count). The van der Waals surface area contributed by atoms with Gasteiger partial charge < -0.3 is 10.2 Å². The molecule has 1 aliphatic heterocycles. The van der Waals surface area contributed by atoms with Crippen LogP contribution in [0.3, 0.4) is 0 Å². The Morgan fingerprint density at radius 3 is 2.83 bits per heavy atom. The first-order chi connectivity index (χ1) is 8.25. The molecule has 2 heterocycles. The number of rotatable bonds is 4. The molecule has 0 radical (unpaired) electrons. The summed E-state index contributed by atoms with van der Waals surface area (Å²) in [6, 6.07) is 4.12. The Morgan fingerprint density at radius 2 is 2.22 bits per heavy atom. The Kier molecular flexibility index (Phi) is 6.68. The number of amides is 1. The molecule has 0 spiro atoms. The second-order valence-electron chi connectivity index (χ2n) is 4.73. The maximum absolute atomic E-state index is 12.0. The number of carbonyl (C=O) groups is 1. The summed E-state index contributed by atoms with van der Waals surface area (Å²) in [6.45, 7) is 2.88. The molecule has 0 unspecified atom stereocenters. The summed E-state index contributed by atoms with van der Waals surface area (Å²) in [5.74, 6) is 0.861. The topological polar surface area (TPSA) is 32.3 Å². The number of thiophene rings is 1. The summed E-state index contributed by atoms with van der Waals surface area (Å²) in [5, 5.41) is 5.39. The van der Waals surface area contributed by atoms with E-state index in [4.69, 9.17) is 0 Å². The minimum Gasteiger partial charge on any atom is -0.341 e. The number of nitrogens with zero attached hydrogens (tertiary/aromatic N) is 1. The van der Waals surface area contributed by atoms with Gasteiger partial charge in [-0.15, -0.1) is 23.7 Å². The SMILES string of the molecule is CN(Cc1cccs1)C(=O)CC1CCNCC1.Cl. The minimum absolute atomic E-state index is 0. The summed E-state index contributed by atoms with van der Waals surface area (Å²) >= 11 is 1.71. The van der Waals surface area contributed by atoms with E-state index < -0.39 is 0 Å². The highest BCUT2D eigenvalue weighted by Gasteiger charge is 2.19. The van der Waals surface area contributed by atoms with Crippen LogP contribution >= 0.6 is 23.7 Å². The quantitative estimate of drug-likeness (QED) is 0.923. The Labute approximate surface area is 119 Å². The molecule has 0 saturated carbocycles. The van der Waals surface area contributed by atoms with Crippen molar-refractivity contribution in [2.45, 2.75) is 25.8 Å². The lowest BCUT2D eigenvalue weighted by Gasteiger charge is -2.24. The predicted octanol–water partition coefficient (Wildman–Crippen LogP) is 2.52. The predicted molar refractivity (Wildman–Crippen MR) is 78.3 cm³/mol. The summed E-state index contributed by atoms with van der Waals surface area (Å²) in [6.07, 6.45) is 2.99. The maximum Gasteiger partial charge on any atom is 0.222 e. The number of hydrogen-bond acceptors (Lipinski definition) is 3. The van der Waals surface area contributed by atoms with Gasteiger partial charge in [-0.2, -0.15) is 0 Å². The van der Waals surface area contributed by atoms with Gasteiger partial charge in [-0.05, 0) is 43.3 Å². The van der Waals surface area contributed by atoms with Crippen molar-refractivity contribution in [2.75, 3.05) is 20.1 Å². The highest BCUT2D eigenvalue weighted by atomic mass is 35.5. The van der Waals surface area contributed by atoms with E-state index >= 15 is 0 Å². The third-order valence-corrected chi connectivity index (χ3v) is 4.18. The molecule has 5 heteroatoms. The molecular weight excluding hydrogens is 268 g/mol. The zero-order valence-electron chi connectivity index (χ0n) is 10.7. The van der Waals surface area contributed by atoms with Gasteiger partial charge in [0, 0.05) is 18.3 Å². The van der Waals surface area contributed by atoms with Gasteiger partial charge in [-0.1, -0.05) is 6.07 Å². The highest BCUT2D eigenvalue weighted by Crippen LogP contribution is 2.18. The molecule has 1 aliphatic rings. The van der Waals surface area contributed by atoms with Crippen molar-refractivity contribution in [3.63, 3.8) is 0 Å². The molecule has 102 valence electrons. The van der Waals surface area contributed by atoms with Crippen molar-refractivity contribution in [1.82, 2.24) is 10.2 Å². The van der Waals surface area contributed by atoms with Crippen molar-refractivity contribution >= 4 is 29.7 Å². The standard InChI is InChI=1S/C13H20N2OS.ClH/c1-15(10-12-3-2-8-17-12)13(16)9-11-4-6-14-7-5-11;/h2-3,8,11,14H,4-7,9-10H2,1H3;1H. The normalized spacial score (nSPS) is 16.1. The molecule has 0 aliphatic carbocycles. The largest absolute Gasteiger partial charge is 0.341 e. The van der Waals surface area contributed by atoms with Gasteiger partial charge in [-0.25, -0.2) is 0 Å². The second-order valence-corrected chi connectivity index (χ2v) is 5.76. The Hall–Kier alpha value is -0.580. The summed E-state index contributed by atoms with van der Waals surface area (Å²) in [4.78, 5) is 15.2. The highest BCUT2D eigenvalue weighted by molar-refractivity contribution is 7.09. The summed E-state index contributed by atoms with van der Waals surface area (Å²) < 4.78 is 0. The smallest absolute Gasteiger partial charge is 0.222 e. The minimum atomic E-state index is 0. The molecule has 1 amide bonds. The second kappa shape index (κ2) is 7.77. The fourth-order valence-electron chi connectivity index (χ4n) is 2.21. The van der Waals surface area contributed by atoms with E-state index in [0.717, 1.165) is 32.5 Å². The van der Waals surface area contributed by atoms with E-state index in [1.54, 1.807) is 11.3 Å². The van der Waals surface area contributed by atoms with Crippen LogP contribution in [0.15, 0.2) is 17.5 Å². The molecule has 0 aromatic carbocycles. The van der Waals surface area contributed by atoms with Crippen LogP contribution in [0.1, 0.15) is 24.1 Å². The molecule has 3 nitrogen and oxygen atoms in total. The van der Waals surface area contributed by atoms with Crippen molar-refractivity contribution in [1.29, 1.82) is 0 Å². The lowest BCUT2D eigenvalue weighted by Crippen LogP contribution is -2.33. The van der Waals surface area contributed by atoms with Crippen LogP contribution in [0.5, 0.6) is 0 Å². The van der Waals surface area contributed by atoms with Crippen molar-refractivity contribution in [2.24, 2.45) is 5.92 Å². The first-order valence-corrected chi connectivity index (χ1v) is 7.10. The molecule has 1 aromatic heterocycles. The lowest BCUT2D eigenvalue weighted by atomic mass is 9.94. The van der Waals surface area contributed by atoms with Crippen molar-refractivity contribution in [3.05, 3.63) is 22.4 Å². The molecule has 1 saturated heterocycles. The van der Waals surface area contributed by atoms with Crippen LogP contribution in [0.25, 0.3) is 0 Å². The van der Waals surface area contributed by atoms with Crippen molar-refractivity contribution in [3.8, 4) is 0 Å². The zero-order chi connectivity index (χ0) is 12.1. The maximum atomic E-state index is 12.0. The molecule has 1 N–H and O–H groups in total. The third kappa shape index (κ3) is 4.59. The van der Waals surface area contributed by atoms with Crippen LogP contribution in [-0.4, -0.2) is 30.9 Å². The molecule has 18 heavy (non-hydrogen) atoms. The van der Waals surface area contributed by atoms with Crippen LogP contribution in [0.4, 0.5) is 0 Å². The number of nitrogens with one attached hydrogen (secondary N) is 1. The molecule has 1 fully saturated rings. The van der Waals surface area contributed by atoms with E-state index in [1.165, 1.54) is 4.88 Å². The average molecular weight is 289 g/mol. The van der Waals surface area contributed by atoms with Crippen LogP contribution in [0, 0.1) is 5.92 Å². The van der Waals surface area contributed by atoms with E-state index in [-0.39, 0.29) is 18.3 Å². The zero-order valence-corrected chi connectivity index (χ0v) is 12.4. The molecular formula is C13H21ClN2OS. The first kappa shape index (κ1) is 15.5. The van der Waals surface area contributed by atoms with E-state index in [2.05, 4.69) is 16.8 Å². The van der Waals surface area contributed by atoms with Gasteiger partial charge >= 0.3 is 0 Å². The van der Waals surface area contributed by atoms with Crippen LogP contribution in [-0.2, 0) is 11.3 Å². The average Bonchev–Trinajstić information content (AvgIpc) is 2.83. The molecule has 0 bridgehead atoms. The van der Waals surface area contributed by atoms with Crippen LogP contribution in [0.2, 0.25) is 0 Å². The summed E-state index contributed by atoms with van der Waals surface area (Å²) in [5.41, 5.74) is 0. The number of carbonyl (C=O) groups excluding carboxylic acids is 1. The van der Waals surface area contributed by atoms with Gasteiger partial charge in [0.1, 0.15) is 0 Å². The van der Waals surface area contributed by atoms with Gasteiger partial charge in [0.25, 0.3) is 0 Å². The number of piperidine rings is 1. The lowest BCUT2D eigenvalue weighted by molar-refractivity contribution is -0.131. The van der Waals surface area contributed by atoms with E-state index in [0.29, 0.717) is 12.3 Å². The van der Waals surface area contributed by atoms with Crippen molar-refractivity contribution < 1.29 is 4.79 Å². The Balaban J connectivity index is 0.00000162. The fourth-order valence-corrected chi connectivity index (χ4v) is 2.97. The first-order valence-electron chi connectivity index (χ1n) is 6.23. The molecule has 0 atom stereocenters. The van der Waals surface area contributed by atoms with Gasteiger partial charge in [0.2, 0.25) is 5.91 Å². The van der Waals surface area contributed by atoms with E-state index in [9.17, 15) is 4.79 Å². The van der Waals surface area contributed by atoms with E-state index in [1.807, 2.05) is 18.0 Å².